The summed E-state index contributed by atoms with van der Waals surface area (Å²) in [5.41, 5.74) is 3.27. The van der Waals surface area contributed by atoms with Crippen molar-refractivity contribution in [1.29, 1.82) is 0 Å². The Kier molecular flexibility index (Phi) is 4.28. The van der Waals surface area contributed by atoms with Gasteiger partial charge in [-0.3, -0.25) is 10.2 Å². The predicted molar refractivity (Wildman–Crippen MR) is 57.3 cm³/mol. The van der Waals surface area contributed by atoms with Crippen molar-refractivity contribution in [2.45, 2.75) is 6.61 Å². The van der Waals surface area contributed by atoms with E-state index in [1.54, 1.807) is 24.3 Å². The third-order valence-corrected chi connectivity index (χ3v) is 1.92. The molecule has 0 bridgehead atoms. The van der Waals surface area contributed by atoms with E-state index in [0.717, 1.165) is 5.56 Å². The second-order valence-electron chi connectivity index (χ2n) is 3.00. The van der Waals surface area contributed by atoms with Crippen LogP contribution in [0.3, 0.4) is 0 Å². The third-order valence-electron chi connectivity index (χ3n) is 1.92. The zero-order valence-electron chi connectivity index (χ0n) is 8.82. The van der Waals surface area contributed by atoms with Crippen LogP contribution >= 0.6 is 0 Å². The highest BCUT2D eigenvalue weighted by Gasteiger charge is 2.03. The normalized spacial score (nSPS) is 9.38. The minimum absolute atomic E-state index is 0.157. The van der Waals surface area contributed by atoms with E-state index in [-0.39, 0.29) is 12.5 Å². The molecule has 4 N–H and O–H groups in total. The van der Waals surface area contributed by atoms with Gasteiger partial charge in [0.05, 0.1) is 0 Å². The molecule has 1 aromatic rings. The van der Waals surface area contributed by atoms with Crippen molar-refractivity contribution < 1.29 is 14.3 Å². The van der Waals surface area contributed by atoms with E-state index in [0.29, 0.717) is 5.56 Å². The van der Waals surface area contributed by atoms with Gasteiger partial charge in [0.1, 0.15) is 6.61 Å². The first-order chi connectivity index (χ1) is 7.67. The van der Waals surface area contributed by atoms with Crippen molar-refractivity contribution in [1.82, 2.24) is 10.7 Å². The van der Waals surface area contributed by atoms with Crippen LogP contribution in [-0.2, 0) is 11.3 Å². The second-order valence-corrected chi connectivity index (χ2v) is 3.00. The van der Waals surface area contributed by atoms with Gasteiger partial charge in [0.2, 0.25) is 0 Å². The molecule has 2 amide bonds. The molecule has 16 heavy (non-hydrogen) atoms. The molecule has 0 unspecified atom stereocenters. The van der Waals surface area contributed by atoms with Crippen molar-refractivity contribution in [2.24, 2.45) is 5.84 Å². The molecule has 1 aromatic carbocycles. The molecule has 0 aliphatic heterocycles. The maximum atomic E-state index is 11.1. The van der Waals surface area contributed by atoms with Gasteiger partial charge in [0.25, 0.3) is 5.91 Å². The van der Waals surface area contributed by atoms with Gasteiger partial charge in [-0.1, -0.05) is 12.1 Å². The lowest BCUT2D eigenvalue weighted by atomic mass is 10.1. The van der Waals surface area contributed by atoms with E-state index >= 15 is 0 Å². The fourth-order valence-electron chi connectivity index (χ4n) is 1.06. The molecule has 0 saturated heterocycles. The quantitative estimate of drug-likeness (QED) is 0.386. The maximum Gasteiger partial charge on any atom is 0.407 e. The minimum Gasteiger partial charge on any atom is -0.445 e. The predicted octanol–water partition coefficient (Wildman–Crippen LogP) is 0.146. The molecule has 0 spiro atoms. The molecule has 0 heterocycles. The van der Waals surface area contributed by atoms with E-state index in [1.807, 2.05) is 5.43 Å². The first-order valence-electron chi connectivity index (χ1n) is 4.61. The molecule has 0 radical (unpaired) electrons. The van der Waals surface area contributed by atoms with E-state index in [2.05, 4.69) is 5.32 Å². The smallest absolute Gasteiger partial charge is 0.407 e. The molecule has 0 fully saturated rings. The summed E-state index contributed by atoms with van der Waals surface area (Å²) in [6.45, 7) is 0.157. The van der Waals surface area contributed by atoms with Crippen LogP contribution < -0.4 is 16.6 Å². The van der Waals surface area contributed by atoms with Crippen LogP contribution in [0.2, 0.25) is 0 Å². The fourth-order valence-corrected chi connectivity index (χ4v) is 1.06. The molecule has 0 saturated carbocycles. The number of nitrogens with two attached hydrogens (primary N) is 1. The van der Waals surface area contributed by atoms with Crippen LogP contribution in [0.5, 0.6) is 0 Å². The number of hydrogen-bond acceptors (Lipinski definition) is 4. The van der Waals surface area contributed by atoms with Crippen LogP contribution in [0, 0.1) is 0 Å². The van der Waals surface area contributed by atoms with Gasteiger partial charge < -0.3 is 10.1 Å². The largest absolute Gasteiger partial charge is 0.445 e. The van der Waals surface area contributed by atoms with Crippen LogP contribution in [0.1, 0.15) is 15.9 Å². The number of rotatable bonds is 3. The Balaban J connectivity index is 2.58. The molecule has 1 rings (SSSR count). The number of carbonyl (C=O) groups is 2. The molecule has 0 aromatic heterocycles. The van der Waals surface area contributed by atoms with Crippen molar-refractivity contribution in [3.63, 3.8) is 0 Å². The third kappa shape index (κ3) is 3.25. The molecular formula is C10H13N3O3. The molecule has 0 atom stereocenters. The number of amides is 2. The Morgan fingerprint density at radius 2 is 1.94 bits per heavy atom. The van der Waals surface area contributed by atoms with Gasteiger partial charge in [0, 0.05) is 12.6 Å². The summed E-state index contributed by atoms with van der Waals surface area (Å²) >= 11 is 0. The maximum absolute atomic E-state index is 11.1. The van der Waals surface area contributed by atoms with E-state index in [1.165, 1.54) is 7.05 Å². The number of nitrogen functional groups attached to an aromatic ring is 1. The Morgan fingerprint density at radius 3 is 2.44 bits per heavy atom. The van der Waals surface area contributed by atoms with Gasteiger partial charge in [-0.15, -0.1) is 0 Å². The van der Waals surface area contributed by atoms with Gasteiger partial charge in [-0.05, 0) is 17.7 Å². The highest BCUT2D eigenvalue weighted by Crippen LogP contribution is 2.05. The summed E-state index contributed by atoms with van der Waals surface area (Å²) in [5.74, 6) is 4.62. The number of hydrazine groups is 1. The molecule has 6 nitrogen and oxygen atoms in total. The van der Waals surface area contributed by atoms with E-state index in [9.17, 15) is 9.59 Å². The number of benzene rings is 1. The number of carbonyl (C=O) groups excluding carboxylic acids is 2. The Morgan fingerprint density at radius 1 is 1.31 bits per heavy atom. The van der Waals surface area contributed by atoms with Crippen LogP contribution in [-0.4, -0.2) is 19.0 Å². The summed E-state index contributed by atoms with van der Waals surface area (Å²) in [6, 6.07) is 6.58. The van der Waals surface area contributed by atoms with Crippen LogP contribution in [0.25, 0.3) is 0 Å². The number of hydrogen-bond donors (Lipinski definition) is 3. The number of alkyl carbamates (subject to hydrolysis) is 1. The summed E-state index contributed by atoms with van der Waals surface area (Å²) in [7, 11) is 1.48. The Hall–Kier alpha value is -2.08. The SMILES string of the molecule is CNC(=O)OCc1ccc(C(=O)NN)cc1. The summed E-state index contributed by atoms with van der Waals surface area (Å²) in [5, 5.41) is 2.33. The van der Waals surface area contributed by atoms with E-state index < -0.39 is 6.09 Å². The molecular weight excluding hydrogens is 210 g/mol. The van der Waals surface area contributed by atoms with Gasteiger partial charge in [-0.2, -0.15) is 0 Å². The monoisotopic (exact) mass is 223 g/mol. The number of ether oxygens (including phenoxy) is 1. The topological polar surface area (TPSA) is 93.4 Å². The van der Waals surface area contributed by atoms with Gasteiger partial charge in [0.15, 0.2) is 0 Å². The van der Waals surface area contributed by atoms with Gasteiger partial charge in [-0.25, -0.2) is 10.6 Å². The molecule has 0 aliphatic rings. The average Bonchev–Trinajstić information content (AvgIpc) is 2.35. The zero-order valence-corrected chi connectivity index (χ0v) is 8.82. The fraction of sp³-hybridized carbons (Fsp3) is 0.200. The summed E-state index contributed by atoms with van der Waals surface area (Å²) < 4.78 is 4.83. The standard InChI is InChI=1S/C10H13N3O3/c1-12-10(15)16-6-7-2-4-8(5-3-7)9(14)13-11/h2-5H,6,11H2,1H3,(H,12,15)(H,13,14). The van der Waals surface area contributed by atoms with Crippen molar-refractivity contribution in [3.05, 3.63) is 35.4 Å². The van der Waals surface area contributed by atoms with Crippen molar-refractivity contribution >= 4 is 12.0 Å². The van der Waals surface area contributed by atoms with E-state index in [4.69, 9.17) is 10.6 Å². The molecule has 86 valence electrons. The van der Waals surface area contributed by atoms with Crippen molar-refractivity contribution in [3.8, 4) is 0 Å². The van der Waals surface area contributed by atoms with Crippen LogP contribution in [0.15, 0.2) is 24.3 Å². The lowest BCUT2D eigenvalue weighted by Gasteiger charge is -2.04. The highest BCUT2D eigenvalue weighted by atomic mass is 16.5. The highest BCUT2D eigenvalue weighted by molar-refractivity contribution is 5.93. The molecule has 0 aliphatic carbocycles. The number of nitrogens with one attached hydrogen (secondary N) is 2. The molecule has 6 heteroatoms. The second kappa shape index (κ2) is 5.72. The minimum atomic E-state index is -0.497. The van der Waals surface area contributed by atoms with Crippen molar-refractivity contribution in [2.75, 3.05) is 7.05 Å². The Labute approximate surface area is 92.7 Å². The first kappa shape index (κ1) is 12.0. The zero-order chi connectivity index (χ0) is 12.0. The average molecular weight is 223 g/mol. The summed E-state index contributed by atoms with van der Waals surface area (Å²) in [4.78, 5) is 21.9. The summed E-state index contributed by atoms with van der Waals surface area (Å²) in [6.07, 6.45) is -0.497. The van der Waals surface area contributed by atoms with Gasteiger partial charge >= 0.3 is 6.09 Å². The van der Waals surface area contributed by atoms with Crippen LogP contribution in [0.4, 0.5) is 4.79 Å². The lowest BCUT2D eigenvalue weighted by molar-refractivity contribution is 0.0953. The Bertz CT molecular complexity index is 375. The lowest BCUT2D eigenvalue weighted by Crippen LogP contribution is -2.29. The first-order valence-corrected chi connectivity index (χ1v) is 4.61.